The minimum absolute atomic E-state index is 0. The number of carbonyl (C=O) groups excluding carboxylic acids is 1. The van der Waals surface area contributed by atoms with Crippen LogP contribution in [-0.4, -0.2) is 28.0 Å². The number of methoxy groups -OCH3 is 1. The van der Waals surface area contributed by atoms with E-state index in [2.05, 4.69) is 15.6 Å². The number of hydrogen-bond acceptors (Lipinski definition) is 5. The Labute approximate surface area is 135 Å². The van der Waals surface area contributed by atoms with E-state index in [9.17, 15) is 4.79 Å². The average molecular weight is 326 g/mol. The lowest BCUT2D eigenvalue weighted by atomic mass is 10.2. The van der Waals surface area contributed by atoms with E-state index in [1.165, 1.54) is 0 Å². The van der Waals surface area contributed by atoms with Gasteiger partial charge in [0.05, 0.1) is 24.2 Å². The number of para-hydroxylation sites is 2. The van der Waals surface area contributed by atoms with Crippen LogP contribution in [0.5, 0.6) is 5.75 Å². The third-order valence-electron chi connectivity index (χ3n) is 3.33. The van der Waals surface area contributed by atoms with Crippen LogP contribution in [0, 0.1) is 6.92 Å². The number of rotatable bonds is 5. The molecule has 1 heterocycles. The first-order chi connectivity index (χ1) is 10.1. The number of aromatic nitrogens is 3. The summed E-state index contributed by atoms with van der Waals surface area (Å²) in [5.41, 5.74) is 7.67. The molecule has 0 aliphatic carbocycles. The topological polar surface area (TPSA) is 95.1 Å². The molecule has 1 atom stereocenters. The van der Waals surface area contributed by atoms with Crippen LogP contribution >= 0.6 is 12.4 Å². The quantitative estimate of drug-likeness (QED) is 0.872. The van der Waals surface area contributed by atoms with E-state index in [4.69, 9.17) is 10.5 Å². The fourth-order valence-corrected chi connectivity index (χ4v) is 2.03. The Balaban J connectivity index is 0.00000242. The van der Waals surface area contributed by atoms with Crippen molar-refractivity contribution in [2.45, 2.75) is 26.4 Å². The van der Waals surface area contributed by atoms with Crippen LogP contribution in [0.3, 0.4) is 0 Å². The first-order valence-electron chi connectivity index (χ1n) is 6.63. The molecular formula is C14H20ClN5O2. The number of amides is 1. The SMILES string of the molecule is COc1ccccc1NC(=O)C(C)n1nnc(CN)c1C.Cl. The second kappa shape index (κ2) is 7.77. The molecule has 0 fully saturated rings. The predicted molar refractivity (Wildman–Crippen MR) is 86.2 cm³/mol. The van der Waals surface area contributed by atoms with E-state index in [0.29, 0.717) is 23.7 Å². The molecule has 1 unspecified atom stereocenters. The van der Waals surface area contributed by atoms with Crippen molar-refractivity contribution in [1.82, 2.24) is 15.0 Å². The summed E-state index contributed by atoms with van der Waals surface area (Å²) >= 11 is 0. The van der Waals surface area contributed by atoms with Crippen LogP contribution in [0.1, 0.15) is 24.4 Å². The standard InChI is InChI=1S/C14H19N5O2.ClH/c1-9-12(8-15)17-18-19(9)10(2)14(20)16-11-6-4-5-7-13(11)21-3;/h4-7,10H,8,15H2,1-3H3,(H,16,20);1H. The highest BCUT2D eigenvalue weighted by Crippen LogP contribution is 2.24. The van der Waals surface area contributed by atoms with Gasteiger partial charge in [-0.15, -0.1) is 17.5 Å². The molecular weight excluding hydrogens is 306 g/mol. The largest absolute Gasteiger partial charge is 0.495 e. The summed E-state index contributed by atoms with van der Waals surface area (Å²) < 4.78 is 6.77. The molecule has 8 heteroatoms. The van der Waals surface area contributed by atoms with Crippen LogP contribution in [0.4, 0.5) is 5.69 Å². The number of carbonyl (C=O) groups is 1. The van der Waals surface area contributed by atoms with Gasteiger partial charge in [-0.3, -0.25) is 4.79 Å². The average Bonchev–Trinajstić information content (AvgIpc) is 2.87. The number of anilines is 1. The molecule has 0 spiro atoms. The molecule has 0 bridgehead atoms. The minimum atomic E-state index is -0.497. The summed E-state index contributed by atoms with van der Waals surface area (Å²) in [6.45, 7) is 3.90. The van der Waals surface area contributed by atoms with Gasteiger partial charge < -0.3 is 15.8 Å². The van der Waals surface area contributed by atoms with E-state index >= 15 is 0 Å². The zero-order valence-electron chi connectivity index (χ0n) is 12.7. The number of ether oxygens (including phenoxy) is 1. The lowest BCUT2D eigenvalue weighted by molar-refractivity contribution is -0.119. The van der Waals surface area contributed by atoms with Gasteiger partial charge in [0.1, 0.15) is 11.8 Å². The zero-order chi connectivity index (χ0) is 15.4. The van der Waals surface area contributed by atoms with Crippen molar-refractivity contribution in [1.29, 1.82) is 0 Å². The molecule has 0 aliphatic rings. The molecule has 1 aromatic heterocycles. The summed E-state index contributed by atoms with van der Waals surface area (Å²) in [5.74, 6) is 0.409. The number of halogens is 1. The van der Waals surface area contributed by atoms with Crippen LogP contribution in [-0.2, 0) is 11.3 Å². The smallest absolute Gasteiger partial charge is 0.249 e. The first kappa shape index (κ1) is 17.9. The van der Waals surface area contributed by atoms with Crippen molar-refractivity contribution in [2.24, 2.45) is 5.73 Å². The molecule has 0 radical (unpaired) electrons. The first-order valence-corrected chi connectivity index (χ1v) is 6.63. The normalized spacial score (nSPS) is 11.5. The van der Waals surface area contributed by atoms with Gasteiger partial charge in [0.25, 0.3) is 0 Å². The Kier molecular flexibility index (Phi) is 6.33. The summed E-state index contributed by atoms with van der Waals surface area (Å²) in [7, 11) is 1.56. The van der Waals surface area contributed by atoms with Gasteiger partial charge in [0, 0.05) is 6.54 Å². The molecule has 3 N–H and O–H groups in total. The molecule has 2 rings (SSSR count). The maximum absolute atomic E-state index is 12.3. The summed E-state index contributed by atoms with van der Waals surface area (Å²) in [4.78, 5) is 12.3. The highest BCUT2D eigenvalue weighted by molar-refractivity contribution is 5.94. The van der Waals surface area contributed by atoms with Gasteiger partial charge in [0.15, 0.2) is 0 Å². The van der Waals surface area contributed by atoms with Gasteiger partial charge >= 0.3 is 0 Å². The molecule has 0 saturated heterocycles. The maximum Gasteiger partial charge on any atom is 0.249 e. The number of nitrogens with one attached hydrogen (secondary N) is 1. The Morgan fingerprint density at radius 2 is 2.14 bits per heavy atom. The Hall–Kier alpha value is -2.12. The number of nitrogens with two attached hydrogens (primary N) is 1. The Bertz CT molecular complexity index is 644. The third-order valence-corrected chi connectivity index (χ3v) is 3.33. The van der Waals surface area contributed by atoms with Crippen LogP contribution < -0.4 is 15.8 Å². The van der Waals surface area contributed by atoms with Gasteiger partial charge in [-0.1, -0.05) is 17.3 Å². The van der Waals surface area contributed by atoms with E-state index in [0.717, 1.165) is 5.69 Å². The zero-order valence-corrected chi connectivity index (χ0v) is 13.6. The summed E-state index contributed by atoms with van der Waals surface area (Å²) in [5, 5.41) is 10.8. The van der Waals surface area contributed by atoms with Crippen LogP contribution in [0.25, 0.3) is 0 Å². The summed E-state index contributed by atoms with van der Waals surface area (Å²) in [6.07, 6.45) is 0. The van der Waals surface area contributed by atoms with Gasteiger partial charge in [-0.2, -0.15) is 0 Å². The van der Waals surface area contributed by atoms with E-state index in [1.807, 2.05) is 19.1 Å². The minimum Gasteiger partial charge on any atom is -0.495 e. The Morgan fingerprint density at radius 3 is 2.73 bits per heavy atom. The Morgan fingerprint density at radius 1 is 1.45 bits per heavy atom. The second-order valence-corrected chi connectivity index (χ2v) is 4.64. The lowest BCUT2D eigenvalue weighted by Gasteiger charge is -2.15. The number of hydrogen-bond donors (Lipinski definition) is 2. The summed E-state index contributed by atoms with van der Waals surface area (Å²) in [6, 6.07) is 6.74. The molecule has 22 heavy (non-hydrogen) atoms. The van der Waals surface area contributed by atoms with Crippen molar-refractivity contribution in [2.75, 3.05) is 12.4 Å². The molecule has 1 amide bonds. The third kappa shape index (κ3) is 3.55. The van der Waals surface area contributed by atoms with Gasteiger partial charge in [0.2, 0.25) is 5.91 Å². The fraction of sp³-hybridized carbons (Fsp3) is 0.357. The highest BCUT2D eigenvalue weighted by atomic mass is 35.5. The van der Waals surface area contributed by atoms with Crippen molar-refractivity contribution in [3.05, 3.63) is 35.7 Å². The van der Waals surface area contributed by atoms with Crippen LogP contribution in [0.15, 0.2) is 24.3 Å². The van der Waals surface area contributed by atoms with E-state index < -0.39 is 6.04 Å². The van der Waals surface area contributed by atoms with Crippen molar-refractivity contribution >= 4 is 24.0 Å². The second-order valence-electron chi connectivity index (χ2n) is 4.64. The predicted octanol–water partition coefficient (Wildman–Crippen LogP) is 1.68. The van der Waals surface area contributed by atoms with E-state index in [-0.39, 0.29) is 18.3 Å². The highest BCUT2D eigenvalue weighted by Gasteiger charge is 2.20. The number of nitrogens with zero attached hydrogens (tertiary/aromatic N) is 3. The number of benzene rings is 1. The van der Waals surface area contributed by atoms with Crippen molar-refractivity contribution in [3.63, 3.8) is 0 Å². The van der Waals surface area contributed by atoms with Crippen LogP contribution in [0.2, 0.25) is 0 Å². The van der Waals surface area contributed by atoms with Gasteiger partial charge in [-0.05, 0) is 26.0 Å². The van der Waals surface area contributed by atoms with E-state index in [1.54, 1.807) is 30.8 Å². The van der Waals surface area contributed by atoms with Gasteiger partial charge in [-0.25, -0.2) is 4.68 Å². The van der Waals surface area contributed by atoms with Crippen molar-refractivity contribution in [3.8, 4) is 5.75 Å². The monoisotopic (exact) mass is 325 g/mol. The molecule has 2 aromatic rings. The lowest BCUT2D eigenvalue weighted by Crippen LogP contribution is -2.25. The molecule has 0 saturated carbocycles. The van der Waals surface area contributed by atoms with Crippen molar-refractivity contribution < 1.29 is 9.53 Å². The fourth-order valence-electron chi connectivity index (χ4n) is 2.03. The molecule has 7 nitrogen and oxygen atoms in total. The molecule has 120 valence electrons. The molecule has 0 aliphatic heterocycles. The maximum atomic E-state index is 12.3. The molecule has 1 aromatic carbocycles.